The van der Waals surface area contributed by atoms with Gasteiger partial charge >= 0.3 is 0 Å². The van der Waals surface area contributed by atoms with Gasteiger partial charge in [-0.05, 0) is 39.2 Å². The SMILES string of the molecule is COCCCn1c(C)cc(C(=O)CSC2CCCCC2)c1C. The normalized spacial score (nSPS) is 16.1. The molecule has 22 heavy (non-hydrogen) atoms. The largest absolute Gasteiger partial charge is 0.385 e. The van der Waals surface area contributed by atoms with Gasteiger partial charge in [-0.1, -0.05) is 19.3 Å². The number of carbonyl (C=O) groups excluding carboxylic acids is 1. The molecule has 1 aliphatic rings. The lowest BCUT2D eigenvalue weighted by atomic mass is 10.0. The maximum absolute atomic E-state index is 12.5. The topological polar surface area (TPSA) is 31.2 Å². The summed E-state index contributed by atoms with van der Waals surface area (Å²) in [5.74, 6) is 0.925. The predicted octanol–water partition coefficient (Wildman–Crippen LogP) is 4.39. The first kappa shape index (κ1) is 17.6. The van der Waals surface area contributed by atoms with Crippen LogP contribution in [-0.2, 0) is 11.3 Å². The molecule has 4 heteroatoms. The molecule has 1 saturated carbocycles. The van der Waals surface area contributed by atoms with E-state index < -0.39 is 0 Å². The van der Waals surface area contributed by atoms with Crippen LogP contribution in [0.25, 0.3) is 0 Å². The van der Waals surface area contributed by atoms with E-state index in [-0.39, 0.29) is 0 Å². The molecule has 2 rings (SSSR count). The first-order valence-electron chi connectivity index (χ1n) is 8.44. The highest BCUT2D eigenvalue weighted by atomic mass is 32.2. The third-order valence-corrected chi connectivity index (χ3v) is 5.98. The maximum Gasteiger partial charge on any atom is 0.174 e. The number of hydrogen-bond donors (Lipinski definition) is 0. The van der Waals surface area contributed by atoms with E-state index in [2.05, 4.69) is 24.5 Å². The Morgan fingerprint density at radius 2 is 2.05 bits per heavy atom. The molecule has 1 aliphatic carbocycles. The van der Waals surface area contributed by atoms with E-state index in [1.165, 1.54) is 37.8 Å². The number of thioether (sulfide) groups is 1. The van der Waals surface area contributed by atoms with Crippen molar-refractivity contribution in [2.24, 2.45) is 0 Å². The van der Waals surface area contributed by atoms with Gasteiger partial charge in [0.2, 0.25) is 0 Å². The average Bonchev–Trinajstić information content (AvgIpc) is 2.82. The smallest absolute Gasteiger partial charge is 0.174 e. The number of aromatic nitrogens is 1. The van der Waals surface area contributed by atoms with Crippen molar-refractivity contribution in [3.05, 3.63) is 23.0 Å². The zero-order valence-electron chi connectivity index (χ0n) is 14.2. The van der Waals surface area contributed by atoms with Crippen molar-refractivity contribution in [1.82, 2.24) is 4.57 Å². The van der Waals surface area contributed by atoms with Crippen LogP contribution in [-0.4, -0.2) is 35.1 Å². The van der Waals surface area contributed by atoms with Crippen LogP contribution in [0.1, 0.15) is 60.3 Å². The molecular weight excluding hydrogens is 294 g/mol. The van der Waals surface area contributed by atoms with Crippen LogP contribution in [0.5, 0.6) is 0 Å². The van der Waals surface area contributed by atoms with Gasteiger partial charge in [-0.15, -0.1) is 0 Å². The fraction of sp³-hybridized carbons (Fsp3) is 0.722. The van der Waals surface area contributed by atoms with Gasteiger partial charge in [-0.2, -0.15) is 11.8 Å². The minimum Gasteiger partial charge on any atom is -0.385 e. The molecule has 0 bridgehead atoms. The summed E-state index contributed by atoms with van der Waals surface area (Å²) in [4.78, 5) is 12.5. The van der Waals surface area contributed by atoms with Gasteiger partial charge in [-0.25, -0.2) is 0 Å². The molecule has 0 atom stereocenters. The molecule has 0 amide bonds. The molecule has 0 spiro atoms. The molecular formula is C18H29NO2S. The Bertz CT molecular complexity index is 490. The molecule has 0 saturated heterocycles. The number of carbonyl (C=O) groups is 1. The van der Waals surface area contributed by atoms with Gasteiger partial charge in [0.25, 0.3) is 0 Å². The van der Waals surface area contributed by atoms with Crippen molar-refractivity contribution in [3.63, 3.8) is 0 Å². The highest BCUT2D eigenvalue weighted by Gasteiger charge is 2.19. The molecule has 124 valence electrons. The Labute approximate surface area is 138 Å². The van der Waals surface area contributed by atoms with Gasteiger partial charge in [0, 0.05) is 42.5 Å². The highest BCUT2D eigenvalue weighted by molar-refractivity contribution is 8.00. The fourth-order valence-electron chi connectivity index (χ4n) is 3.30. The number of Topliss-reactive ketones (excluding diaryl/α,β-unsaturated/α-hetero) is 1. The van der Waals surface area contributed by atoms with Crippen molar-refractivity contribution in [3.8, 4) is 0 Å². The summed E-state index contributed by atoms with van der Waals surface area (Å²) in [5, 5.41) is 0.697. The van der Waals surface area contributed by atoms with Crippen LogP contribution < -0.4 is 0 Å². The summed E-state index contributed by atoms with van der Waals surface area (Å²) >= 11 is 1.87. The standard InChI is InChI=1S/C18H29NO2S/c1-14-12-17(15(2)19(14)10-7-11-21-3)18(20)13-22-16-8-5-4-6-9-16/h12,16H,4-11,13H2,1-3H3. The van der Waals surface area contributed by atoms with Crippen LogP contribution in [0.4, 0.5) is 0 Å². The molecule has 0 aromatic carbocycles. The monoisotopic (exact) mass is 323 g/mol. The van der Waals surface area contributed by atoms with Gasteiger partial charge < -0.3 is 9.30 Å². The second kappa shape index (κ2) is 8.78. The van der Waals surface area contributed by atoms with Crippen molar-refractivity contribution in [2.45, 2.75) is 64.2 Å². The number of nitrogens with zero attached hydrogens (tertiary/aromatic N) is 1. The third kappa shape index (κ3) is 4.63. The molecule has 1 aromatic rings. The first-order chi connectivity index (χ1) is 10.6. The minimum absolute atomic E-state index is 0.293. The number of hydrogen-bond acceptors (Lipinski definition) is 3. The molecule has 0 radical (unpaired) electrons. The molecule has 0 N–H and O–H groups in total. The van der Waals surface area contributed by atoms with Crippen molar-refractivity contribution in [2.75, 3.05) is 19.5 Å². The van der Waals surface area contributed by atoms with E-state index >= 15 is 0 Å². The fourth-order valence-corrected chi connectivity index (χ4v) is 4.51. The van der Waals surface area contributed by atoms with E-state index in [1.807, 2.05) is 11.8 Å². The quantitative estimate of drug-likeness (QED) is 0.525. The van der Waals surface area contributed by atoms with Crippen LogP contribution >= 0.6 is 11.8 Å². The highest BCUT2D eigenvalue weighted by Crippen LogP contribution is 2.29. The van der Waals surface area contributed by atoms with Crippen molar-refractivity contribution < 1.29 is 9.53 Å². The molecule has 1 heterocycles. The zero-order valence-corrected chi connectivity index (χ0v) is 15.0. The Hall–Kier alpha value is -0.740. The Morgan fingerprint density at radius 1 is 1.32 bits per heavy atom. The lowest BCUT2D eigenvalue weighted by Crippen LogP contribution is -2.13. The number of aryl methyl sites for hydroxylation is 1. The summed E-state index contributed by atoms with van der Waals surface area (Å²) in [7, 11) is 1.73. The summed E-state index contributed by atoms with van der Waals surface area (Å²) < 4.78 is 7.37. The number of ether oxygens (including phenoxy) is 1. The second-order valence-corrected chi connectivity index (χ2v) is 7.57. The molecule has 3 nitrogen and oxygen atoms in total. The third-order valence-electron chi connectivity index (χ3n) is 4.61. The molecule has 0 unspecified atom stereocenters. The summed E-state index contributed by atoms with van der Waals surface area (Å²) in [5.41, 5.74) is 3.21. The summed E-state index contributed by atoms with van der Waals surface area (Å²) in [6.07, 6.45) is 7.59. The van der Waals surface area contributed by atoms with Gasteiger partial charge in [0.15, 0.2) is 5.78 Å². The Balaban J connectivity index is 1.92. The lowest BCUT2D eigenvalue weighted by molar-refractivity contribution is 0.102. The zero-order chi connectivity index (χ0) is 15.9. The maximum atomic E-state index is 12.5. The first-order valence-corrected chi connectivity index (χ1v) is 9.49. The summed E-state index contributed by atoms with van der Waals surface area (Å²) in [6, 6.07) is 2.06. The van der Waals surface area contributed by atoms with Gasteiger partial charge in [0.05, 0.1) is 5.75 Å². The number of rotatable bonds is 8. The van der Waals surface area contributed by atoms with E-state index in [9.17, 15) is 4.79 Å². The molecule has 1 fully saturated rings. The van der Waals surface area contributed by atoms with Crippen LogP contribution in [0.2, 0.25) is 0 Å². The average molecular weight is 324 g/mol. The van der Waals surface area contributed by atoms with Crippen molar-refractivity contribution >= 4 is 17.5 Å². The lowest BCUT2D eigenvalue weighted by Gasteiger charge is -2.20. The van der Waals surface area contributed by atoms with E-state index in [1.54, 1.807) is 7.11 Å². The van der Waals surface area contributed by atoms with Crippen molar-refractivity contribution in [1.29, 1.82) is 0 Å². The van der Waals surface area contributed by atoms with Crippen LogP contribution in [0, 0.1) is 13.8 Å². The van der Waals surface area contributed by atoms with Crippen LogP contribution in [0.15, 0.2) is 6.07 Å². The summed E-state index contributed by atoms with van der Waals surface area (Å²) in [6.45, 7) is 5.84. The van der Waals surface area contributed by atoms with Gasteiger partial charge in [0.1, 0.15) is 0 Å². The second-order valence-electron chi connectivity index (χ2n) is 6.28. The van der Waals surface area contributed by atoms with Crippen LogP contribution in [0.3, 0.4) is 0 Å². The molecule has 1 aromatic heterocycles. The number of ketones is 1. The molecule has 0 aliphatic heterocycles. The number of methoxy groups -OCH3 is 1. The Morgan fingerprint density at radius 3 is 2.73 bits per heavy atom. The van der Waals surface area contributed by atoms with E-state index in [0.717, 1.165) is 30.8 Å². The minimum atomic E-state index is 0.293. The van der Waals surface area contributed by atoms with E-state index in [0.29, 0.717) is 16.8 Å². The predicted molar refractivity (Wildman–Crippen MR) is 94.1 cm³/mol. The Kier molecular flexibility index (Phi) is 7.03. The van der Waals surface area contributed by atoms with Gasteiger partial charge in [-0.3, -0.25) is 4.79 Å². The van der Waals surface area contributed by atoms with E-state index in [4.69, 9.17) is 4.74 Å².